The van der Waals surface area contributed by atoms with E-state index in [1.807, 2.05) is 0 Å². The smallest absolute Gasteiger partial charge is 0.312 e. The number of carbonyl (C=O) groups excluding carboxylic acids is 1. The molecule has 1 aromatic carbocycles. The second-order valence-electron chi connectivity index (χ2n) is 2.78. The molecule has 0 fully saturated rings. The SMILES string of the molecule is Cl.O=C(CCCl)Oc1ccc(C(F)F)cc1. The number of benzene rings is 1. The quantitative estimate of drug-likeness (QED) is 0.475. The van der Waals surface area contributed by atoms with Crippen LogP contribution in [0.4, 0.5) is 8.78 Å². The molecule has 0 aliphatic heterocycles. The third-order valence-electron chi connectivity index (χ3n) is 1.66. The van der Waals surface area contributed by atoms with Crippen LogP contribution >= 0.6 is 24.0 Å². The lowest BCUT2D eigenvalue weighted by Crippen LogP contribution is -2.07. The number of ether oxygens (including phenoxy) is 1. The van der Waals surface area contributed by atoms with Crippen LogP contribution < -0.4 is 4.74 Å². The molecule has 0 N–H and O–H groups in total. The van der Waals surface area contributed by atoms with Gasteiger partial charge in [0.25, 0.3) is 6.43 Å². The first-order chi connectivity index (χ1) is 7.13. The minimum Gasteiger partial charge on any atom is -0.426 e. The highest BCUT2D eigenvalue weighted by molar-refractivity contribution is 6.18. The zero-order valence-corrected chi connectivity index (χ0v) is 9.73. The predicted octanol–water partition coefficient (Wildman–Crippen LogP) is 3.58. The molecular weight excluding hydrogens is 261 g/mol. The fraction of sp³-hybridized carbons (Fsp3) is 0.300. The molecule has 0 heterocycles. The van der Waals surface area contributed by atoms with Gasteiger partial charge in [-0.3, -0.25) is 4.79 Å². The fourth-order valence-electron chi connectivity index (χ4n) is 0.941. The van der Waals surface area contributed by atoms with Crippen LogP contribution in [0.2, 0.25) is 0 Å². The minimum atomic E-state index is -2.52. The topological polar surface area (TPSA) is 26.3 Å². The van der Waals surface area contributed by atoms with Gasteiger partial charge in [0.05, 0.1) is 6.42 Å². The summed E-state index contributed by atoms with van der Waals surface area (Å²) in [7, 11) is 0. The molecule has 0 aromatic heterocycles. The summed E-state index contributed by atoms with van der Waals surface area (Å²) in [6.45, 7) is 0. The van der Waals surface area contributed by atoms with Gasteiger partial charge in [-0.1, -0.05) is 0 Å². The van der Waals surface area contributed by atoms with Gasteiger partial charge in [-0.2, -0.15) is 0 Å². The Morgan fingerprint density at radius 2 is 1.88 bits per heavy atom. The Bertz CT molecular complexity index is 328. The van der Waals surface area contributed by atoms with Crippen molar-refractivity contribution in [2.24, 2.45) is 0 Å². The van der Waals surface area contributed by atoms with Gasteiger partial charge in [-0.15, -0.1) is 24.0 Å². The van der Waals surface area contributed by atoms with Crippen LogP contribution in [0.1, 0.15) is 18.4 Å². The summed E-state index contributed by atoms with van der Waals surface area (Å²) in [4.78, 5) is 11.0. The van der Waals surface area contributed by atoms with Gasteiger partial charge in [0.2, 0.25) is 0 Å². The maximum atomic E-state index is 12.2. The van der Waals surface area contributed by atoms with Gasteiger partial charge in [-0.05, 0) is 24.3 Å². The molecular formula is C10H10Cl2F2O2. The lowest BCUT2D eigenvalue weighted by Gasteiger charge is -2.04. The van der Waals surface area contributed by atoms with E-state index in [2.05, 4.69) is 0 Å². The van der Waals surface area contributed by atoms with E-state index >= 15 is 0 Å². The van der Waals surface area contributed by atoms with Crippen molar-refractivity contribution in [3.05, 3.63) is 29.8 Å². The van der Waals surface area contributed by atoms with Crippen molar-refractivity contribution in [2.75, 3.05) is 5.88 Å². The average Bonchev–Trinajstić information content (AvgIpc) is 2.18. The number of hydrogen-bond acceptors (Lipinski definition) is 2. The van der Waals surface area contributed by atoms with E-state index in [0.717, 1.165) is 0 Å². The van der Waals surface area contributed by atoms with Gasteiger partial charge in [0, 0.05) is 11.4 Å². The third-order valence-corrected chi connectivity index (χ3v) is 1.85. The number of rotatable bonds is 4. The first-order valence-electron chi connectivity index (χ1n) is 4.28. The van der Waals surface area contributed by atoms with Crippen LogP contribution in [0.3, 0.4) is 0 Å². The molecule has 1 rings (SSSR count). The number of carbonyl (C=O) groups is 1. The summed E-state index contributed by atoms with van der Waals surface area (Å²) in [5.74, 6) is -0.0576. The monoisotopic (exact) mass is 270 g/mol. The molecule has 0 amide bonds. The van der Waals surface area contributed by atoms with Crippen molar-refractivity contribution in [2.45, 2.75) is 12.8 Å². The maximum absolute atomic E-state index is 12.2. The molecule has 0 unspecified atom stereocenters. The summed E-state index contributed by atoms with van der Waals surface area (Å²) in [6, 6.07) is 5.09. The highest BCUT2D eigenvalue weighted by Crippen LogP contribution is 2.21. The van der Waals surface area contributed by atoms with Crippen molar-refractivity contribution in [3.63, 3.8) is 0 Å². The van der Waals surface area contributed by atoms with Crippen molar-refractivity contribution >= 4 is 30.0 Å². The molecule has 0 saturated carbocycles. The first-order valence-corrected chi connectivity index (χ1v) is 4.81. The van der Waals surface area contributed by atoms with E-state index in [1.165, 1.54) is 24.3 Å². The molecule has 2 nitrogen and oxygen atoms in total. The number of halogens is 4. The molecule has 0 aliphatic carbocycles. The molecule has 0 atom stereocenters. The van der Waals surface area contributed by atoms with Crippen LogP contribution in [0.5, 0.6) is 5.75 Å². The molecule has 16 heavy (non-hydrogen) atoms. The fourth-order valence-corrected chi connectivity index (χ4v) is 1.10. The van der Waals surface area contributed by atoms with E-state index in [0.29, 0.717) is 0 Å². The zero-order chi connectivity index (χ0) is 11.3. The Labute approximate surface area is 103 Å². The molecule has 6 heteroatoms. The molecule has 1 aromatic rings. The van der Waals surface area contributed by atoms with Gasteiger partial charge < -0.3 is 4.74 Å². The largest absolute Gasteiger partial charge is 0.426 e. The van der Waals surface area contributed by atoms with Crippen LogP contribution in [0, 0.1) is 0 Å². The normalized spacial score (nSPS) is 9.75. The Morgan fingerprint density at radius 1 is 1.31 bits per heavy atom. The lowest BCUT2D eigenvalue weighted by molar-refractivity contribution is -0.133. The maximum Gasteiger partial charge on any atom is 0.312 e. The zero-order valence-electron chi connectivity index (χ0n) is 8.16. The molecule has 90 valence electrons. The van der Waals surface area contributed by atoms with E-state index in [-0.39, 0.29) is 36.0 Å². The Balaban J connectivity index is 0.00000225. The van der Waals surface area contributed by atoms with Crippen molar-refractivity contribution in [1.29, 1.82) is 0 Å². The Kier molecular flexibility index (Phi) is 7.01. The van der Waals surface area contributed by atoms with E-state index in [1.54, 1.807) is 0 Å². The lowest BCUT2D eigenvalue weighted by atomic mass is 10.2. The molecule has 0 spiro atoms. The summed E-state index contributed by atoms with van der Waals surface area (Å²) in [5.41, 5.74) is -0.104. The van der Waals surface area contributed by atoms with Gasteiger partial charge >= 0.3 is 5.97 Å². The average molecular weight is 271 g/mol. The van der Waals surface area contributed by atoms with E-state index in [4.69, 9.17) is 16.3 Å². The van der Waals surface area contributed by atoms with Gasteiger partial charge in [0.15, 0.2) is 0 Å². The summed E-state index contributed by atoms with van der Waals surface area (Å²) >= 11 is 5.33. The van der Waals surface area contributed by atoms with Crippen molar-refractivity contribution in [3.8, 4) is 5.75 Å². The van der Waals surface area contributed by atoms with Crippen LogP contribution in [-0.2, 0) is 4.79 Å². The van der Waals surface area contributed by atoms with Crippen LogP contribution in [-0.4, -0.2) is 11.8 Å². The van der Waals surface area contributed by atoms with E-state index < -0.39 is 12.4 Å². The summed E-state index contributed by atoms with van der Waals surface area (Å²) in [6.07, 6.45) is -2.42. The number of alkyl halides is 3. The van der Waals surface area contributed by atoms with Crippen molar-refractivity contribution in [1.82, 2.24) is 0 Å². The molecule has 0 aliphatic rings. The second kappa shape index (κ2) is 7.41. The van der Waals surface area contributed by atoms with E-state index in [9.17, 15) is 13.6 Å². The Morgan fingerprint density at radius 3 is 2.31 bits per heavy atom. The molecule has 0 saturated heterocycles. The standard InChI is InChI=1S/C10H9ClF2O2.ClH/c11-6-5-9(14)15-8-3-1-7(2-4-8)10(12)13;/h1-4,10H,5-6H2;1H. The van der Waals surface area contributed by atoms with Gasteiger partial charge in [-0.25, -0.2) is 8.78 Å². The summed E-state index contributed by atoms with van der Waals surface area (Å²) < 4.78 is 29.1. The highest BCUT2D eigenvalue weighted by Gasteiger charge is 2.08. The first kappa shape index (κ1) is 15.1. The van der Waals surface area contributed by atoms with Crippen LogP contribution in [0.15, 0.2) is 24.3 Å². The predicted molar refractivity (Wildman–Crippen MR) is 59.6 cm³/mol. The number of esters is 1. The highest BCUT2D eigenvalue weighted by atomic mass is 35.5. The third kappa shape index (κ3) is 4.77. The molecule has 0 bridgehead atoms. The number of hydrogen-bond donors (Lipinski definition) is 0. The van der Waals surface area contributed by atoms with Crippen molar-refractivity contribution < 1.29 is 18.3 Å². The molecule has 0 radical (unpaired) electrons. The van der Waals surface area contributed by atoms with Crippen LogP contribution in [0.25, 0.3) is 0 Å². The minimum absolute atomic E-state index is 0. The Hall–Kier alpha value is -0.870. The second-order valence-corrected chi connectivity index (χ2v) is 3.16. The van der Waals surface area contributed by atoms with Gasteiger partial charge in [0.1, 0.15) is 5.75 Å². The summed E-state index contributed by atoms with van der Waals surface area (Å²) in [5, 5.41) is 0.